The molecule has 0 fully saturated rings. The van der Waals surface area contributed by atoms with Gasteiger partial charge in [-0.25, -0.2) is 0 Å². The summed E-state index contributed by atoms with van der Waals surface area (Å²) in [6.45, 7) is 3.95. The summed E-state index contributed by atoms with van der Waals surface area (Å²) in [7, 11) is -0.299. The molecule has 0 rings (SSSR count). The van der Waals surface area contributed by atoms with Gasteiger partial charge in [-0.2, -0.15) is 0 Å². The molecule has 3 atom stereocenters. The number of rotatable bonds is 7. The van der Waals surface area contributed by atoms with Gasteiger partial charge in [-0.15, -0.1) is 0 Å². The molecule has 0 bridgehead atoms. The Morgan fingerprint density at radius 1 is 1.64 bits per heavy atom. The summed E-state index contributed by atoms with van der Waals surface area (Å²) >= 11 is 0. The van der Waals surface area contributed by atoms with Crippen LogP contribution in [0.5, 0.6) is 0 Å². The topological polar surface area (TPSA) is 78.3 Å². The molecule has 0 aromatic heterocycles. The van der Waals surface area contributed by atoms with Crippen LogP contribution in [0.2, 0.25) is 0 Å². The summed E-state index contributed by atoms with van der Waals surface area (Å²) in [5.74, 6) is -0.317. The molecule has 0 aromatic rings. The zero-order valence-corrected chi connectivity index (χ0v) is 9.80. The lowest BCUT2D eigenvalue weighted by Crippen LogP contribution is -2.35. The van der Waals surface area contributed by atoms with Crippen molar-refractivity contribution in [3.8, 4) is 0 Å². The SMILES string of the molecule is C=[P+](C)COC(C)C(N)CCC(N)=O. The van der Waals surface area contributed by atoms with Crippen molar-refractivity contribution in [1.29, 1.82) is 0 Å². The highest BCUT2D eigenvalue weighted by atomic mass is 31.1. The van der Waals surface area contributed by atoms with E-state index < -0.39 is 0 Å². The molecule has 0 spiro atoms. The van der Waals surface area contributed by atoms with E-state index in [2.05, 4.69) is 6.30 Å². The average Bonchev–Trinajstić information content (AvgIpc) is 2.09. The molecule has 4 N–H and O–H groups in total. The van der Waals surface area contributed by atoms with Crippen LogP contribution in [0.1, 0.15) is 19.8 Å². The van der Waals surface area contributed by atoms with Gasteiger partial charge in [0.2, 0.25) is 12.3 Å². The first-order valence-corrected chi connectivity index (χ1v) is 6.76. The van der Waals surface area contributed by atoms with Gasteiger partial charge in [0.05, 0.1) is 19.1 Å². The maximum absolute atomic E-state index is 10.5. The first-order chi connectivity index (χ1) is 6.43. The second kappa shape index (κ2) is 6.93. The summed E-state index contributed by atoms with van der Waals surface area (Å²) in [5, 5.41) is 0. The number of carbonyl (C=O) groups excluding carboxylic acids is 1. The number of hydrogen-bond donors (Lipinski definition) is 2. The third kappa shape index (κ3) is 7.01. The van der Waals surface area contributed by atoms with Crippen LogP contribution < -0.4 is 11.5 Å². The minimum Gasteiger partial charge on any atom is -0.370 e. The summed E-state index contributed by atoms with van der Waals surface area (Å²) in [5.41, 5.74) is 10.8. The third-order valence-corrected chi connectivity index (χ3v) is 2.47. The molecule has 0 aliphatic heterocycles. The van der Waals surface area contributed by atoms with Gasteiger partial charge in [-0.1, -0.05) is 0 Å². The fourth-order valence-electron chi connectivity index (χ4n) is 0.912. The maximum atomic E-state index is 10.5. The number of ether oxygens (including phenoxy) is 1. The molecule has 0 aliphatic rings. The van der Waals surface area contributed by atoms with Gasteiger partial charge < -0.3 is 16.2 Å². The largest absolute Gasteiger partial charge is 0.370 e. The Morgan fingerprint density at radius 2 is 2.21 bits per heavy atom. The molecule has 0 aliphatic carbocycles. The number of amides is 1. The number of carbonyl (C=O) groups is 1. The lowest BCUT2D eigenvalue weighted by Gasteiger charge is -2.17. The Morgan fingerprint density at radius 3 is 2.64 bits per heavy atom. The van der Waals surface area contributed by atoms with Crippen molar-refractivity contribution in [2.45, 2.75) is 31.9 Å². The van der Waals surface area contributed by atoms with E-state index >= 15 is 0 Å². The normalized spacial score (nSPS) is 16.1. The predicted octanol–water partition coefficient (Wildman–Crippen LogP) is 0.485. The van der Waals surface area contributed by atoms with Crippen molar-refractivity contribution in [1.82, 2.24) is 0 Å². The van der Waals surface area contributed by atoms with Crippen molar-refractivity contribution in [3.05, 3.63) is 0 Å². The van der Waals surface area contributed by atoms with E-state index in [0.717, 1.165) is 0 Å². The van der Waals surface area contributed by atoms with Gasteiger partial charge in [-0.05, 0) is 13.3 Å². The van der Waals surface area contributed by atoms with E-state index in [1.165, 1.54) is 0 Å². The van der Waals surface area contributed by atoms with E-state index in [0.29, 0.717) is 19.2 Å². The Labute approximate surface area is 86.4 Å². The molecule has 0 radical (unpaired) electrons. The Hall–Kier alpha value is -0.440. The number of nitrogens with two attached hydrogens (primary N) is 2. The molecule has 0 heterocycles. The zero-order valence-electron chi connectivity index (χ0n) is 8.90. The van der Waals surface area contributed by atoms with Crippen LogP contribution in [0, 0.1) is 0 Å². The molecule has 14 heavy (non-hydrogen) atoms. The minimum atomic E-state index is -0.317. The number of hydrogen-bond acceptors (Lipinski definition) is 3. The monoisotopic (exact) mass is 219 g/mol. The average molecular weight is 219 g/mol. The highest BCUT2D eigenvalue weighted by Gasteiger charge is 2.15. The minimum absolute atomic E-state index is 0.0407. The van der Waals surface area contributed by atoms with E-state index in [1.807, 2.05) is 13.6 Å². The van der Waals surface area contributed by atoms with Crippen molar-refractivity contribution in [2.75, 3.05) is 13.0 Å². The maximum Gasteiger partial charge on any atom is 0.217 e. The van der Waals surface area contributed by atoms with Gasteiger partial charge in [0.1, 0.15) is 7.55 Å². The molecule has 4 nitrogen and oxygen atoms in total. The van der Waals surface area contributed by atoms with Gasteiger partial charge in [-0.3, -0.25) is 4.79 Å². The molecule has 0 aromatic carbocycles. The fourth-order valence-corrected chi connectivity index (χ4v) is 1.40. The standard InChI is InChI=1S/C9H19N2O2P/c1-7(13-6-14(2)3)8(10)4-5-9(11)12/h7-8H,2,4-6,10H2,1,3H3,(H-,11,12)/p+1. The molecule has 1 amide bonds. The van der Waals surface area contributed by atoms with Crippen LogP contribution in [0.3, 0.4) is 0 Å². The summed E-state index contributed by atoms with van der Waals surface area (Å²) in [6, 6.07) is -0.127. The van der Waals surface area contributed by atoms with Crippen molar-refractivity contribution in [3.63, 3.8) is 0 Å². The molecule has 0 saturated heterocycles. The first kappa shape index (κ1) is 13.6. The first-order valence-electron chi connectivity index (χ1n) is 4.60. The summed E-state index contributed by atoms with van der Waals surface area (Å²) in [6.07, 6.45) is 5.38. The second-order valence-electron chi connectivity index (χ2n) is 3.53. The van der Waals surface area contributed by atoms with Crippen LogP contribution in [-0.2, 0) is 9.53 Å². The van der Waals surface area contributed by atoms with Crippen LogP contribution in [0.4, 0.5) is 0 Å². The van der Waals surface area contributed by atoms with Gasteiger partial charge >= 0.3 is 0 Å². The van der Waals surface area contributed by atoms with E-state index in [4.69, 9.17) is 16.2 Å². The lowest BCUT2D eigenvalue weighted by atomic mass is 10.1. The Kier molecular flexibility index (Phi) is 6.71. The molecule has 0 saturated carbocycles. The molecule has 82 valence electrons. The van der Waals surface area contributed by atoms with E-state index in [1.54, 1.807) is 0 Å². The summed E-state index contributed by atoms with van der Waals surface area (Å²) in [4.78, 5) is 10.5. The predicted molar refractivity (Wildman–Crippen MR) is 61.8 cm³/mol. The molecule has 5 heteroatoms. The third-order valence-electron chi connectivity index (χ3n) is 1.88. The fraction of sp³-hybridized carbons (Fsp3) is 0.778. The quantitative estimate of drug-likeness (QED) is 0.611. The smallest absolute Gasteiger partial charge is 0.217 e. The Bertz CT molecular complexity index is 187. The van der Waals surface area contributed by atoms with Crippen molar-refractivity contribution in [2.24, 2.45) is 11.5 Å². The lowest BCUT2D eigenvalue weighted by molar-refractivity contribution is -0.118. The van der Waals surface area contributed by atoms with Crippen molar-refractivity contribution < 1.29 is 9.53 Å². The molecular weight excluding hydrogens is 199 g/mol. The Balaban J connectivity index is 3.69. The van der Waals surface area contributed by atoms with Gasteiger partial charge in [0, 0.05) is 12.5 Å². The number of primary amides is 1. The van der Waals surface area contributed by atoms with E-state index in [-0.39, 0.29) is 25.6 Å². The van der Waals surface area contributed by atoms with Crippen LogP contribution in [-0.4, -0.2) is 37.4 Å². The second-order valence-corrected chi connectivity index (χ2v) is 5.50. The highest BCUT2D eigenvalue weighted by Crippen LogP contribution is 2.15. The van der Waals surface area contributed by atoms with Gasteiger partial charge in [0.25, 0.3) is 0 Å². The van der Waals surface area contributed by atoms with E-state index in [9.17, 15) is 4.79 Å². The van der Waals surface area contributed by atoms with Crippen LogP contribution in [0.25, 0.3) is 0 Å². The molecule has 3 unspecified atom stereocenters. The molecular formula is C9H20N2O2P+. The highest BCUT2D eigenvalue weighted by molar-refractivity contribution is 7.54. The van der Waals surface area contributed by atoms with Crippen molar-refractivity contribution >= 4 is 19.8 Å². The van der Waals surface area contributed by atoms with Crippen LogP contribution in [0.15, 0.2) is 0 Å². The zero-order chi connectivity index (χ0) is 11.1. The van der Waals surface area contributed by atoms with Crippen LogP contribution >= 0.6 is 7.55 Å². The summed E-state index contributed by atoms with van der Waals surface area (Å²) < 4.78 is 5.49. The van der Waals surface area contributed by atoms with Gasteiger partial charge in [0.15, 0.2) is 0 Å².